The van der Waals surface area contributed by atoms with Crippen molar-refractivity contribution in [3.8, 4) is 12.0 Å². The molecular formula is C21H11F2N7O3. The summed E-state index contributed by atoms with van der Waals surface area (Å²) < 4.78 is 31.2. The van der Waals surface area contributed by atoms with Gasteiger partial charge in [-0.2, -0.15) is 14.8 Å². The maximum absolute atomic E-state index is 14.2. The van der Waals surface area contributed by atoms with E-state index in [4.69, 9.17) is 0 Å². The molecule has 0 bridgehead atoms. The van der Waals surface area contributed by atoms with Gasteiger partial charge in [0, 0.05) is 5.56 Å². The van der Waals surface area contributed by atoms with Crippen LogP contribution in [0.5, 0.6) is 0 Å². The first-order chi connectivity index (χ1) is 15.9. The van der Waals surface area contributed by atoms with Gasteiger partial charge < -0.3 is 5.11 Å². The van der Waals surface area contributed by atoms with Gasteiger partial charge in [-0.15, -0.1) is 0 Å². The zero-order chi connectivity index (χ0) is 23.3. The number of hydrogen-bond acceptors (Lipinski definition) is 6. The van der Waals surface area contributed by atoms with Gasteiger partial charge in [-0.05, 0) is 30.3 Å². The lowest BCUT2D eigenvalue weighted by atomic mass is 10.2. The molecule has 0 spiro atoms. The fourth-order valence-electron chi connectivity index (χ4n) is 3.55. The Morgan fingerprint density at radius 3 is 2.58 bits per heavy atom. The molecule has 12 heteroatoms. The molecule has 0 radical (unpaired) electrons. The summed E-state index contributed by atoms with van der Waals surface area (Å²) in [4.78, 5) is 37.2. The molecule has 3 aromatic heterocycles. The van der Waals surface area contributed by atoms with Crippen LogP contribution >= 0.6 is 0 Å². The Morgan fingerprint density at radius 1 is 1.12 bits per heavy atom. The number of carboxylic acid groups (broad SMARTS) is 1. The van der Waals surface area contributed by atoms with E-state index in [-0.39, 0.29) is 17.1 Å². The monoisotopic (exact) mass is 447 g/mol. The molecule has 0 aliphatic carbocycles. The van der Waals surface area contributed by atoms with Gasteiger partial charge in [-0.3, -0.25) is 9.13 Å². The van der Waals surface area contributed by atoms with Crippen LogP contribution in [0.15, 0.2) is 53.7 Å². The molecule has 5 aromatic rings. The minimum atomic E-state index is -1.60. The Labute approximate surface area is 182 Å². The molecule has 0 aliphatic rings. The summed E-state index contributed by atoms with van der Waals surface area (Å²) in [6, 6.07) is 10.1. The van der Waals surface area contributed by atoms with Gasteiger partial charge in [0.25, 0.3) is 0 Å². The standard InChI is InChI=1S/C21H11F2N7O3/c22-13-2-1-3-14(23)12(13)9-28-18-17(30(20(28)31)21(32)33)8-25-19(27-18)29-10-26-15-5-4-11(7-24)6-16(15)29/h1-6,8,10H,9H2,(H,32,33). The molecule has 0 aliphatic heterocycles. The number of nitrogens with zero attached hydrogens (tertiary/aromatic N) is 7. The summed E-state index contributed by atoms with van der Waals surface area (Å²) >= 11 is 0. The molecule has 0 fully saturated rings. The lowest BCUT2D eigenvalue weighted by molar-refractivity contribution is 0.196. The summed E-state index contributed by atoms with van der Waals surface area (Å²) in [5.74, 6) is -1.76. The minimum Gasteiger partial charge on any atom is -0.464 e. The van der Waals surface area contributed by atoms with Crippen LogP contribution in [0, 0.1) is 23.0 Å². The molecule has 0 unspecified atom stereocenters. The normalized spacial score (nSPS) is 11.2. The van der Waals surface area contributed by atoms with Crippen molar-refractivity contribution in [1.82, 2.24) is 28.7 Å². The van der Waals surface area contributed by atoms with Crippen molar-refractivity contribution in [2.75, 3.05) is 0 Å². The highest BCUT2D eigenvalue weighted by atomic mass is 19.1. The number of halogens is 2. The zero-order valence-electron chi connectivity index (χ0n) is 16.5. The fraction of sp³-hybridized carbons (Fsp3) is 0.0476. The summed E-state index contributed by atoms with van der Waals surface area (Å²) in [6.07, 6.45) is 0.933. The van der Waals surface area contributed by atoms with E-state index in [2.05, 4.69) is 15.0 Å². The Balaban J connectivity index is 1.76. The average molecular weight is 447 g/mol. The number of fused-ring (bicyclic) bond motifs is 2. The van der Waals surface area contributed by atoms with Crippen molar-refractivity contribution in [2.24, 2.45) is 0 Å². The van der Waals surface area contributed by atoms with Crippen LogP contribution in [0.4, 0.5) is 13.6 Å². The average Bonchev–Trinajstić information content (AvgIpc) is 3.33. The van der Waals surface area contributed by atoms with Gasteiger partial charge in [0.1, 0.15) is 23.5 Å². The molecule has 2 aromatic carbocycles. The quantitative estimate of drug-likeness (QED) is 0.450. The number of hydrogen-bond donors (Lipinski definition) is 1. The topological polar surface area (TPSA) is 132 Å². The Kier molecular flexibility index (Phi) is 4.45. The van der Waals surface area contributed by atoms with Gasteiger partial charge in [0.2, 0.25) is 5.95 Å². The van der Waals surface area contributed by atoms with Gasteiger partial charge in [-0.25, -0.2) is 28.3 Å². The molecule has 162 valence electrons. The van der Waals surface area contributed by atoms with E-state index in [1.807, 2.05) is 6.07 Å². The van der Waals surface area contributed by atoms with Crippen molar-refractivity contribution in [1.29, 1.82) is 5.26 Å². The van der Waals surface area contributed by atoms with Crippen LogP contribution in [0.3, 0.4) is 0 Å². The lowest BCUT2D eigenvalue weighted by Gasteiger charge is -2.07. The molecule has 3 heterocycles. The molecule has 0 atom stereocenters. The number of nitriles is 1. The predicted octanol–water partition coefficient (Wildman–Crippen LogP) is 2.66. The first kappa shape index (κ1) is 20.0. The maximum atomic E-state index is 14.2. The van der Waals surface area contributed by atoms with Crippen molar-refractivity contribution in [2.45, 2.75) is 6.54 Å². The molecular weight excluding hydrogens is 436 g/mol. The van der Waals surface area contributed by atoms with E-state index < -0.39 is 35.5 Å². The van der Waals surface area contributed by atoms with E-state index in [1.54, 1.807) is 18.2 Å². The van der Waals surface area contributed by atoms with Crippen LogP contribution in [-0.2, 0) is 6.54 Å². The molecule has 33 heavy (non-hydrogen) atoms. The van der Waals surface area contributed by atoms with E-state index in [0.717, 1.165) is 22.9 Å². The van der Waals surface area contributed by atoms with Crippen molar-refractivity contribution >= 4 is 28.3 Å². The number of benzene rings is 2. The van der Waals surface area contributed by atoms with Crippen LogP contribution in [0.2, 0.25) is 0 Å². The molecule has 0 saturated carbocycles. The summed E-state index contributed by atoms with van der Waals surface area (Å²) in [6.45, 7) is -0.589. The Hall–Kier alpha value is -4.92. The third kappa shape index (κ3) is 3.10. The van der Waals surface area contributed by atoms with Crippen molar-refractivity contribution < 1.29 is 18.7 Å². The maximum Gasteiger partial charge on any atom is 0.420 e. The molecule has 10 nitrogen and oxygen atoms in total. The number of rotatable bonds is 3. The lowest BCUT2D eigenvalue weighted by Crippen LogP contribution is -2.29. The third-order valence-electron chi connectivity index (χ3n) is 5.12. The Morgan fingerprint density at radius 2 is 1.88 bits per heavy atom. The fourth-order valence-corrected chi connectivity index (χ4v) is 3.55. The van der Waals surface area contributed by atoms with E-state index >= 15 is 0 Å². The number of aromatic nitrogens is 6. The predicted molar refractivity (Wildman–Crippen MR) is 110 cm³/mol. The van der Waals surface area contributed by atoms with Crippen molar-refractivity contribution in [3.63, 3.8) is 0 Å². The van der Waals surface area contributed by atoms with Crippen LogP contribution in [-0.4, -0.2) is 39.9 Å². The number of carbonyl (C=O) groups is 1. The summed E-state index contributed by atoms with van der Waals surface area (Å²) in [7, 11) is 0. The second-order valence-electron chi connectivity index (χ2n) is 7.00. The Bertz CT molecular complexity index is 1670. The van der Waals surface area contributed by atoms with Crippen LogP contribution < -0.4 is 5.69 Å². The highest BCUT2D eigenvalue weighted by molar-refractivity contribution is 5.84. The summed E-state index contributed by atoms with van der Waals surface area (Å²) in [5.41, 5.74) is -0.352. The minimum absolute atomic E-state index is 0.0189. The first-order valence-corrected chi connectivity index (χ1v) is 9.41. The van der Waals surface area contributed by atoms with Crippen LogP contribution in [0.25, 0.3) is 28.1 Å². The highest BCUT2D eigenvalue weighted by Gasteiger charge is 2.22. The van der Waals surface area contributed by atoms with Crippen LogP contribution in [0.1, 0.15) is 11.1 Å². The molecule has 0 saturated heterocycles. The SMILES string of the molecule is N#Cc1ccc2ncn(-c3ncc4c(n3)n(Cc3c(F)cccc3F)c(=O)n4C(=O)O)c2c1. The van der Waals surface area contributed by atoms with Gasteiger partial charge >= 0.3 is 11.8 Å². The smallest absolute Gasteiger partial charge is 0.420 e. The van der Waals surface area contributed by atoms with Crippen molar-refractivity contribution in [3.05, 3.63) is 82.2 Å². The second-order valence-corrected chi connectivity index (χ2v) is 7.00. The van der Waals surface area contributed by atoms with E-state index in [0.29, 0.717) is 21.2 Å². The largest absolute Gasteiger partial charge is 0.464 e. The van der Waals surface area contributed by atoms with Gasteiger partial charge in [-0.1, -0.05) is 6.07 Å². The number of imidazole rings is 2. The van der Waals surface area contributed by atoms with Gasteiger partial charge in [0.05, 0.1) is 35.4 Å². The first-order valence-electron chi connectivity index (χ1n) is 9.41. The zero-order valence-corrected chi connectivity index (χ0v) is 16.5. The van der Waals surface area contributed by atoms with Gasteiger partial charge in [0.15, 0.2) is 5.65 Å². The second kappa shape index (κ2) is 7.34. The molecule has 0 amide bonds. The van der Waals surface area contributed by atoms with E-state index in [1.165, 1.54) is 17.0 Å². The highest BCUT2D eigenvalue weighted by Crippen LogP contribution is 2.21. The summed E-state index contributed by atoms with van der Waals surface area (Å²) in [5, 5.41) is 18.7. The van der Waals surface area contributed by atoms with E-state index in [9.17, 15) is 28.7 Å². The molecule has 5 rings (SSSR count). The third-order valence-corrected chi connectivity index (χ3v) is 5.12. The molecule has 1 N–H and O–H groups in total.